The molecule has 0 radical (unpaired) electrons. The Morgan fingerprint density at radius 2 is 1.78 bits per heavy atom. The summed E-state index contributed by atoms with van der Waals surface area (Å²) in [5, 5.41) is 3.38. The molecule has 1 spiro atoms. The molecule has 9 heavy (non-hydrogen) atoms. The predicted molar refractivity (Wildman–Crippen MR) is 40.4 cm³/mol. The van der Waals surface area contributed by atoms with Crippen LogP contribution in [0.15, 0.2) is 13.2 Å². The first-order valence-electron chi connectivity index (χ1n) is 3.62. The van der Waals surface area contributed by atoms with Crippen LogP contribution in [-0.2, 0) is 0 Å². The van der Waals surface area contributed by atoms with E-state index in [0.717, 1.165) is 5.41 Å². The second-order valence-corrected chi connectivity index (χ2v) is 2.93. The minimum Gasteiger partial charge on any atom is -0.316 e. The third-order valence-electron chi connectivity index (χ3n) is 2.29. The minimum atomic E-state index is 0.833. The van der Waals surface area contributed by atoms with Crippen molar-refractivity contribution in [1.82, 2.24) is 5.32 Å². The van der Waals surface area contributed by atoms with Gasteiger partial charge in [0.15, 0.2) is 0 Å². The Hall–Kier alpha value is -0.300. The number of rotatable bonds is 0. The Morgan fingerprint density at radius 1 is 1.11 bits per heavy atom. The van der Waals surface area contributed by atoms with Crippen molar-refractivity contribution in [1.29, 1.82) is 0 Å². The molecule has 2 fully saturated rings. The maximum absolute atomic E-state index is 3.38. The minimum absolute atomic E-state index is 0.833. The zero-order chi connectivity index (χ0) is 6.74. The summed E-state index contributed by atoms with van der Waals surface area (Å²) in [7, 11) is 0. The van der Waals surface area contributed by atoms with Crippen molar-refractivity contribution in [2.24, 2.45) is 5.41 Å². The molecule has 1 nitrogen and oxygen atoms in total. The van der Waals surface area contributed by atoms with Crippen LogP contribution in [0, 0.1) is 5.41 Å². The number of hydrogen-bond acceptors (Lipinski definition) is 1. The van der Waals surface area contributed by atoms with Gasteiger partial charge in [0.05, 0.1) is 0 Å². The van der Waals surface area contributed by atoms with Gasteiger partial charge in [0.2, 0.25) is 0 Å². The van der Waals surface area contributed by atoms with Gasteiger partial charge in [0, 0.05) is 6.54 Å². The highest BCUT2D eigenvalue weighted by Crippen LogP contribution is 2.49. The number of nitrogens with one attached hydrogen (secondary N) is 1. The van der Waals surface area contributed by atoms with Gasteiger partial charge in [0.25, 0.3) is 0 Å². The van der Waals surface area contributed by atoms with Crippen molar-refractivity contribution < 1.29 is 0 Å². The van der Waals surface area contributed by atoms with Gasteiger partial charge >= 0.3 is 0 Å². The standard InChI is InChI=1S/C6H11N.C2H4/c1-2-6(1)3-4-7-5-6;1-2/h7H,1-5H2;1-2H2. The largest absolute Gasteiger partial charge is 0.316 e. The van der Waals surface area contributed by atoms with Crippen molar-refractivity contribution >= 4 is 0 Å². The highest BCUT2D eigenvalue weighted by atomic mass is 14.9. The molecular formula is C8H15N. The molecule has 0 atom stereocenters. The molecule has 2 aliphatic rings. The van der Waals surface area contributed by atoms with Crippen LogP contribution < -0.4 is 5.32 Å². The first kappa shape index (κ1) is 6.81. The summed E-state index contributed by atoms with van der Waals surface area (Å²) in [4.78, 5) is 0. The summed E-state index contributed by atoms with van der Waals surface area (Å²) in [6.45, 7) is 8.59. The zero-order valence-electron chi connectivity index (χ0n) is 5.95. The lowest BCUT2D eigenvalue weighted by atomic mass is 10.1. The van der Waals surface area contributed by atoms with E-state index in [-0.39, 0.29) is 0 Å². The molecule has 0 bridgehead atoms. The molecule has 0 aromatic heterocycles. The molecular weight excluding hydrogens is 110 g/mol. The molecule has 1 aliphatic heterocycles. The lowest BCUT2D eigenvalue weighted by Crippen LogP contribution is -2.08. The third-order valence-corrected chi connectivity index (χ3v) is 2.29. The molecule has 0 aromatic rings. The Kier molecular flexibility index (Phi) is 1.91. The molecule has 1 saturated carbocycles. The first-order chi connectivity index (χ1) is 4.41. The average molecular weight is 125 g/mol. The van der Waals surface area contributed by atoms with Gasteiger partial charge in [-0.2, -0.15) is 0 Å². The van der Waals surface area contributed by atoms with E-state index in [1.54, 1.807) is 0 Å². The van der Waals surface area contributed by atoms with E-state index in [1.807, 2.05) is 0 Å². The Bertz CT molecular complexity index is 86.7. The average Bonchev–Trinajstić information content (AvgIpc) is 2.46. The lowest BCUT2D eigenvalue weighted by Gasteiger charge is -1.96. The van der Waals surface area contributed by atoms with Gasteiger partial charge in [-0.3, -0.25) is 0 Å². The van der Waals surface area contributed by atoms with Crippen LogP contribution in [0.25, 0.3) is 0 Å². The fourth-order valence-electron chi connectivity index (χ4n) is 1.40. The molecule has 1 saturated heterocycles. The van der Waals surface area contributed by atoms with E-state index >= 15 is 0 Å². The normalized spacial score (nSPS) is 27.1. The highest BCUT2D eigenvalue weighted by molar-refractivity contribution is 4.98. The lowest BCUT2D eigenvalue weighted by molar-refractivity contribution is 0.574. The maximum Gasteiger partial charge on any atom is 0.000829 e. The van der Waals surface area contributed by atoms with Gasteiger partial charge in [-0.25, -0.2) is 0 Å². The third kappa shape index (κ3) is 1.33. The van der Waals surface area contributed by atoms with Gasteiger partial charge in [-0.15, -0.1) is 13.2 Å². The maximum atomic E-state index is 3.38. The molecule has 0 amide bonds. The van der Waals surface area contributed by atoms with Crippen LogP contribution in [0.2, 0.25) is 0 Å². The van der Waals surface area contributed by atoms with Crippen LogP contribution in [-0.4, -0.2) is 13.1 Å². The van der Waals surface area contributed by atoms with Crippen molar-refractivity contribution in [2.75, 3.05) is 13.1 Å². The molecule has 1 heteroatoms. The van der Waals surface area contributed by atoms with Gasteiger partial charge in [-0.05, 0) is 31.2 Å². The Morgan fingerprint density at radius 3 is 2.00 bits per heavy atom. The SMILES string of the molecule is C1CC2(CC2)CN1.C=C. The van der Waals surface area contributed by atoms with Gasteiger partial charge in [0.1, 0.15) is 0 Å². The molecule has 2 rings (SSSR count). The molecule has 0 unspecified atom stereocenters. The second-order valence-electron chi connectivity index (χ2n) is 2.93. The van der Waals surface area contributed by atoms with Gasteiger partial charge in [-0.1, -0.05) is 0 Å². The van der Waals surface area contributed by atoms with E-state index in [9.17, 15) is 0 Å². The fraction of sp³-hybridized carbons (Fsp3) is 0.750. The van der Waals surface area contributed by atoms with Crippen molar-refractivity contribution in [2.45, 2.75) is 19.3 Å². The van der Waals surface area contributed by atoms with E-state index in [1.165, 1.54) is 32.4 Å². The predicted octanol–water partition coefficient (Wildman–Crippen LogP) is 1.56. The Labute approximate surface area is 57.1 Å². The van der Waals surface area contributed by atoms with Crippen LogP contribution >= 0.6 is 0 Å². The summed E-state index contributed by atoms with van der Waals surface area (Å²) in [6, 6.07) is 0. The topological polar surface area (TPSA) is 12.0 Å². The van der Waals surface area contributed by atoms with Crippen molar-refractivity contribution in [3.05, 3.63) is 13.2 Å². The quantitative estimate of drug-likeness (QED) is 0.484. The molecule has 52 valence electrons. The summed E-state index contributed by atoms with van der Waals surface area (Å²) in [6.07, 6.45) is 4.45. The molecule has 1 aliphatic carbocycles. The van der Waals surface area contributed by atoms with E-state index in [4.69, 9.17) is 0 Å². The van der Waals surface area contributed by atoms with Gasteiger partial charge < -0.3 is 5.32 Å². The first-order valence-corrected chi connectivity index (χ1v) is 3.62. The fourth-order valence-corrected chi connectivity index (χ4v) is 1.40. The van der Waals surface area contributed by atoms with Crippen molar-refractivity contribution in [3.8, 4) is 0 Å². The highest BCUT2D eigenvalue weighted by Gasteiger charge is 2.44. The number of hydrogen-bond donors (Lipinski definition) is 1. The smallest absolute Gasteiger partial charge is 0.000829 e. The van der Waals surface area contributed by atoms with E-state index in [2.05, 4.69) is 18.5 Å². The van der Waals surface area contributed by atoms with Crippen LogP contribution in [0.1, 0.15) is 19.3 Å². The second kappa shape index (κ2) is 2.53. The summed E-state index contributed by atoms with van der Waals surface area (Å²) in [5.74, 6) is 0. The van der Waals surface area contributed by atoms with Crippen LogP contribution in [0.3, 0.4) is 0 Å². The van der Waals surface area contributed by atoms with Crippen molar-refractivity contribution in [3.63, 3.8) is 0 Å². The summed E-state index contributed by atoms with van der Waals surface area (Å²) < 4.78 is 0. The Balaban J connectivity index is 0.000000186. The summed E-state index contributed by atoms with van der Waals surface area (Å²) in [5.41, 5.74) is 0.833. The monoisotopic (exact) mass is 125 g/mol. The van der Waals surface area contributed by atoms with E-state index < -0.39 is 0 Å². The molecule has 0 aromatic carbocycles. The van der Waals surface area contributed by atoms with Crippen LogP contribution in [0.5, 0.6) is 0 Å². The summed E-state index contributed by atoms with van der Waals surface area (Å²) >= 11 is 0. The zero-order valence-corrected chi connectivity index (χ0v) is 5.95. The van der Waals surface area contributed by atoms with Crippen LogP contribution in [0.4, 0.5) is 0 Å². The molecule has 1 heterocycles. The molecule has 1 N–H and O–H groups in total. The van der Waals surface area contributed by atoms with E-state index in [0.29, 0.717) is 0 Å².